The molecule has 0 aromatic heterocycles. The Morgan fingerprint density at radius 2 is 2.10 bits per heavy atom. The van der Waals surface area contributed by atoms with Gasteiger partial charge in [-0.25, -0.2) is 13.1 Å². The second kappa shape index (κ2) is 6.64. The van der Waals surface area contributed by atoms with E-state index in [1.807, 2.05) is 13.8 Å². The predicted molar refractivity (Wildman–Crippen MR) is 71.0 cm³/mol. The monoisotopic (exact) mass is 304 g/mol. The van der Waals surface area contributed by atoms with E-state index in [0.717, 1.165) is 18.2 Å². The summed E-state index contributed by atoms with van der Waals surface area (Å²) in [5, 5.41) is 19.9. The smallest absolute Gasteiger partial charge is 0.312 e. The first-order chi connectivity index (χ1) is 9.24. The van der Waals surface area contributed by atoms with Crippen molar-refractivity contribution in [2.24, 2.45) is 0 Å². The Labute approximate surface area is 116 Å². The lowest BCUT2D eigenvalue weighted by Crippen LogP contribution is -2.28. The van der Waals surface area contributed by atoms with Gasteiger partial charge in [0.05, 0.1) is 22.5 Å². The van der Waals surface area contributed by atoms with Crippen molar-refractivity contribution in [3.63, 3.8) is 0 Å². The maximum absolute atomic E-state index is 11.9. The predicted octanol–water partition coefficient (Wildman–Crippen LogP) is 1.00. The fourth-order valence-corrected chi connectivity index (χ4v) is 2.40. The molecule has 0 aliphatic rings. The topological polar surface area (TPSA) is 119 Å². The zero-order valence-corrected chi connectivity index (χ0v) is 11.9. The summed E-state index contributed by atoms with van der Waals surface area (Å²) in [5.41, 5.74) is -0.661. The minimum absolute atomic E-state index is 0.0192. The van der Waals surface area contributed by atoms with E-state index in [1.165, 1.54) is 0 Å². The van der Waals surface area contributed by atoms with Crippen molar-refractivity contribution in [1.82, 2.24) is 4.72 Å². The number of sulfonamides is 1. The maximum atomic E-state index is 11.9. The van der Waals surface area contributed by atoms with Crippen molar-refractivity contribution < 1.29 is 23.2 Å². The zero-order valence-electron chi connectivity index (χ0n) is 11.1. The highest BCUT2D eigenvalue weighted by Gasteiger charge is 2.20. The fraction of sp³-hybridized carbons (Fsp3) is 0.455. The van der Waals surface area contributed by atoms with Crippen LogP contribution in [0.15, 0.2) is 23.1 Å². The number of phenolic OH excluding ortho intramolecular Hbond substituents is 1. The van der Waals surface area contributed by atoms with E-state index in [4.69, 9.17) is 4.74 Å². The summed E-state index contributed by atoms with van der Waals surface area (Å²) in [6, 6.07) is 2.87. The van der Waals surface area contributed by atoms with E-state index in [0.29, 0.717) is 0 Å². The molecule has 0 spiro atoms. The highest BCUT2D eigenvalue weighted by molar-refractivity contribution is 7.89. The van der Waals surface area contributed by atoms with Crippen LogP contribution in [0.25, 0.3) is 0 Å². The Hall–Kier alpha value is -1.71. The summed E-state index contributed by atoms with van der Waals surface area (Å²) in [5.74, 6) is -0.586. The van der Waals surface area contributed by atoms with Crippen molar-refractivity contribution in [2.45, 2.75) is 24.8 Å². The molecule has 2 N–H and O–H groups in total. The lowest BCUT2D eigenvalue weighted by Gasteiger charge is -2.09. The van der Waals surface area contributed by atoms with Gasteiger partial charge in [-0.15, -0.1) is 0 Å². The first kappa shape index (κ1) is 16.3. The molecule has 0 atom stereocenters. The van der Waals surface area contributed by atoms with Crippen LogP contribution in [0.3, 0.4) is 0 Å². The normalized spacial score (nSPS) is 11.8. The molecular weight excluding hydrogens is 288 g/mol. The molecule has 0 unspecified atom stereocenters. The minimum atomic E-state index is -3.88. The standard InChI is InChI=1S/C11H16N2O6S/c1-8(2)19-6-5-12-20(17,18)9-3-4-11(14)10(7-9)13(15)16/h3-4,7-8,12,14H,5-6H2,1-2H3. The number of aromatic hydroxyl groups is 1. The largest absolute Gasteiger partial charge is 0.502 e. The summed E-state index contributed by atoms with van der Waals surface area (Å²) in [4.78, 5) is 9.51. The molecule has 0 bridgehead atoms. The van der Waals surface area contributed by atoms with Crippen molar-refractivity contribution in [3.05, 3.63) is 28.3 Å². The third kappa shape index (κ3) is 4.44. The number of nitro benzene ring substituents is 1. The van der Waals surface area contributed by atoms with Crippen LogP contribution in [0, 0.1) is 10.1 Å². The summed E-state index contributed by atoms with van der Waals surface area (Å²) in [7, 11) is -3.88. The molecule has 0 saturated carbocycles. The summed E-state index contributed by atoms with van der Waals surface area (Å²) >= 11 is 0. The highest BCUT2D eigenvalue weighted by atomic mass is 32.2. The molecule has 1 aromatic carbocycles. The van der Waals surface area contributed by atoms with Gasteiger partial charge in [-0.3, -0.25) is 10.1 Å². The van der Waals surface area contributed by atoms with Crippen LogP contribution in [0.1, 0.15) is 13.8 Å². The van der Waals surface area contributed by atoms with Gasteiger partial charge in [0, 0.05) is 12.6 Å². The Morgan fingerprint density at radius 1 is 1.45 bits per heavy atom. The van der Waals surface area contributed by atoms with Crippen LogP contribution in [-0.4, -0.2) is 37.7 Å². The van der Waals surface area contributed by atoms with Crippen LogP contribution in [0.5, 0.6) is 5.75 Å². The maximum Gasteiger partial charge on any atom is 0.312 e. The quantitative estimate of drug-likeness (QED) is 0.441. The molecule has 0 aliphatic heterocycles. The molecule has 0 amide bonds. The molecule has 0 saturated heterocycles. The SMILES string of the molecule is CC(C)OCCNS(=O)(=O)c1ccc(O)c([N+](=O)[O-])c1. The first-order valence-electron chi connectivity index (χ1n) is 5.82. The number of nitrogens with one attached hydrogen (secondary N) is 1. The van der Waals surface area contributed by atoms with Crippen molar-refractivity contribution in [3.8, 4) is 5.75 Å². The van der Waals surface area contributed by atoms with Crippen LogP contribution >= 0.6 is 0 Å². The number of nitro groups is 1. The summed E-state index contributed by atoms with van der Waals surface area (Å²) in [6.07, 6.45) is -0.0192. The number of ether oxygens (including phenoxy) is 1. The van der Waals surface area contributed by atoms with Gasteiger partial charge in [0.25, 0.3) is 0 Å². The number of phenols is 1. The van der Waals surface area contributed by atoms with Gasteiger partial charge >= 0.3 is 5.69 Å². The zero-order chi connectivity index (χ0) is 15.3. The molecule has 1 rings (SSSR count). The molecular formula is C11H16N2O6S. The number of nitrogens with zero attached hydrogens (tertiary/aromatic N) is 1. The fourth-order valence-electron chi connectivity index (χ4n) is 1.37. The minimum Gasteiger partial charge on any atom is -0.502 e. The Morgan fingerprint density at radius 3 is 2.65 bits per heavy atom. The second-order valence-electron chi connectivity index (χ2n) is 4.22. The van der Waals surface area contributed by atoms with Crippen molar-refractivity contribution in [2.75, 3.05) is 13.2 Å². The van der Waals surface area contributed by atoms with Crippen LogP contribution in [-0.2, 0) is 14.8 Å². The third-order valence-electron chi connectivity index (χ3n) is 2.30. The molecule has 1 aromatic rings. The lowest BCUT2D eigenvalue weighted by molar-refractivity contribution is -0.386. The van der Waals surface area contributed by atoms with E-state index in [9.17, 15) is 23.6 Å². The van der Waals surface area contributed by atoms with E-state index >= 15 is 0 Å². The van der Waals surface area contributed by atoms with Gasteiger partial charge < -0.3 is 9.84 Å². The van der Waals surface area contributed by atoms with E-state index in [-0.39, 0.29) is 24.2 Å². The third-order valence-corrected chi connectivity index (χ3v) is 3.76. The van der Waals surface area contributed by atoms with Gasteiger partial charge in [-0.1, -0.05) is 0 Å². The van der Waals surface area contributed by atoms with E-state index in [1.54, 1.807) is 0 Å². The molecule has 112 valence electrons. The van der Waals surface area contributed by atoms with Gasteiger partial charge in [-0.05, 0) is 26.0 Å². The first-order valence-corrected chi connectivity index (χ1v) is 7.31. The molecule has 0 radical (unpaired) electrons. The number of hydrogen-bond donors (Lipinski definition) is 2. The highest BCUT2D eigenvalue weighted by Crippen LogP contribution is 2.27. The van der Waals surface area contributed by atoms with Crippen molar-refractivity contribution in [1.29, 1.82) is 0 Å². The average Bonchev–Trinajstić information content (AvgIpc) is 2.34. The average molecular weight is 304 g/mol. The van der Waals surface area contributed by atoms with Crippen LogP contribution < -0.4 is 4.72 Å². The molecule has 8 nitrogen and oxygen atoms in total. The van der Waals surface area contributed by atoms with E-state index in [2.05, 4.69) is 4.72 Å². The number of hydrogen-bond acceptors (Lipinski definition) is 6. The Kier molecular flexibility index (Phi) is 5.43. The molecule has 20 heavy (non-hydrogen) atoms. The molecule has 0 aliphatic carbocycles. The number of benzene rings is 1. The second-order valence-corrected chi connectivity index (χ2v) is 5.99. The van der Waals surface area contributed by atoms with Gasteiger partial charge in [0.1, 0.15) is 0 Å². The van der Waals surface area contributed by atoms with Gasteiger partial charge in [0.2, 0.25) is 10.0 Å². The lowest BCUT2D eigenvalue weighted by atomic mass is 10.3. The number of rotatable bonds is 7. The Balaban J connectivity index is 2.82. The van der Waals surface area contributed by atoms with Gasteiger partial charge in [-0.2, -0.15) is 0 Å². The summed E-state index contributed by atoms with van der Waals surface area (Å²) < 4.78 is 31.2. The Bertz CT molecular complexity index is 585. The van der Waals surface area contributed by atoms with E-state index < -0.39 is 26.4 Å². The molecule has 9 heteroatoms. The van der Waals surface area contributed by atoms with Crippen molar-refractivity contribution >= 4 is 15.7 Å². The van der Waals surface area contributed by atoms with Crippen LogP contribution in [0.2, 0.25) is 0 Å². The van der Waals surface area contributed by atoms with Crippen LogP contribution in [0.4, 0.5) is 5.69 Å². The molecule has 0 heterocycles. The molecule has 0 fully saturated rings. The van der Waals surface area contributed by atoms with Gasteiger partial charge in [0.15, 0.2) is 5.75 Å². The summed E-state index contributed by atoms with van der Waals surface area (Å²) in [6.45, 7) is 3.88.